The Morgan fingerprint density at radius 1 is 1.55 bits per heavy atom. The van der Waals surface area contributed by atoms with Crippen molar-refractivity contribution in [2.75, 3.05) is 13.1 Å². The quantitative estimate of drug-likeness (QED) is 0.456. The summed E-state index contributed by atoms with van der Waals surface area (Å²) in [7, 11) is 0. The Balaban J connectivity index is 3.20. The van der Waals surface area contributed by atoms with Gasteiger partial charge in [0.15, 0.2) is 0 Å². The van der Waals surface area contributed by atoms with Gasteiger partial charge in [0, 0.05) is 6.54 Å². The van der Waals surface area contributed by atoms with Gasteiger partial charge in [0.2, 0.25) is 0 Å². The number of hydrogen-bond acceptors (Lipinski definition) is 2. The van der Waals surface area contributed by atoms with E-state index in [9.17, 15) is 4.79 Å². The SMILES string of the molecule is C/C=C/C=C/CNCC(=O)O. The summed E-state index contributed by atoms with van der Waals surface area (Å²) in [5, 5.41) is 10.9. The summed E-state index contributed by atoms with van der Waals surface area (Å²) in [6.07, 6.45) is 7.54. The van der Waals surface area contributed by atoms with Gasteiger partial charge in [-0.25, -0.2) is 0 Å². The van der Waals surface area contributed by atoms with Gasteiger partial charge in [-0.15, -0.1) is 0 Å². The topological polar surface area (TPSA) is 49.3 Å². The molecular weight excluding hydrogens is 142 g/mol. The van der Waals surface area contributed by atoms with E-state index >= 15 is 0 Å². The van der Waals surface area contributed by atoms with E-state index in [1.807, 2.05) is 31.2 Å². The van der Waals surface area contributed by atoms with Gasteiger partial charge in [-0.3, -0.25) is 4.79 Å². The molecule has 2 N–H and O–H groups in total. The second-order valence-electron chi connectivity index (χ2n) is 1.98. The predicted octanol–water partition coefficient (Wildman–Crippen LogP) is 0.793. The monoisotopic (exact) mass is 155 g/mol. The normalized spacial score (nSPS) is 11.4. The Morgan fingerprint density at radius 3 is 2.82 bits per heavy atom. The predicted molar refractivity (Wildman–Crippen MR) is 44.5 cm³/mol. The molecule has 11 heavy (non-hydrogen) atoms. The molecule has 0 rings (SSSR count). The van der Waals surface area contributed by atoms with Crippen LogP contribution in [0.3, 0.4) is 0 Å². The van der Waals surface area contributed by atoms with Crippen LogP contribution in [0.2, 0.25) is 0 Å². The minimum atomic E-state index is -0.829. The Bertz CT molecular complexity index is 161. The molecule has 0 amide bonds. The fourth-order valence-corrected chi connectivity index (χ4v) is 0.520. The van der Waals surface area contributed by atoms with Crippen LogP contribution in [-0.2, 0) is 4.79 Å². The van der Waals surface area contributed by atoms with Crippen LogP contribution < -0.4 is 5.32 Å². The molecule has 0 aromatic rings. The molecule has 0 fully saturated rings. The van der Waals surface area contributed by atoms with E-state index in [4.69, 9.17) is 5.11 Å². The number of carboxylic acid groups (broad SMARTS) is 1. The van der Waals surface area contributed by atoms with Crippen molar-refractivity contribution >= 4 is 5.97 Å². The summed E-state index contributed by atoms with van der Waals surface area (Å²) >= 11 is 0. The maximum absolute atomic E-state index is 9.99. The Kier molecular flexibility index (Phi) is 6.33. The highest BCUT2D eigenvalue weighted by Gasteiger charge is 1.90. The van der Waals surface area contributed by atoms with Crippen molar-refractivity contribution in [1.29, 1.82) is 0 Å². The Hall–Kier alpha value is -1.09. The lowest BCUT2D eigenvalue weighted by Crippen LogP contribution is -2.22. The van der Waals surface area contributed by atoms with Crippen LogP contribution in [0.5, 0.6) is 0 Å². The lowest BCUT2D eigenvalue weighted by Gasteiger charge is -1.93. The van der Waals surface area contributed by atoms with Crippen LogP contribution in [0.1, 0.15) is 6.92 Å². The summed E-state index contributed by atoms with van der Waals surface area (Å²) in [4.78, 5) is 9.99. The van der Waals surface area contributed by atoms with Gasteiger partial charge in [-0.05, 0) is 6.92 Å². The second-order valence-corrected chi connectivity index (χ2v) is 1.98. The van der Waals surface area contributed by atoms with Gasteiger partial charge in [-0.2, -0.15) is 0 Å². The van der Waals surface area contributed by atoms with Crippen LogP contribution in [0.4, 0.5) is 0 Å². The smallest absolute Gasteiger partial charge is 0.317 e. The van der Waals surface area contributed by atoms with E-state index < -0.39 is 5.97 Å². The van der Waals surface area contributed by atoms with Gasteiger partial charge >= 0.3 is 5.97 Å². The highest BCUT2D eigenvalue weighted by molar-refractivity contribution is 5.68. The molecule has 0 saturated carbocycles. The van der Waals surface area contributed by atoms with Gasteiger partial charge in [-0.1, -0.05) is 24.3 Å². The van der Waals surface area contributed by atoms with Crippen LogP contribution in [-0.4, -0.2) is 24.2 Å². The molecular formula is C8H13NO2. The van der Waals surface area contributed by atoms with E-state index in [0.717, 1.165) is 0 Å². The van der Waals surface area contributed by atoms with Crippen molar-refractivity contribution in [2.45, 2.75) is 6.92 Å². The molecule has 0 unspecified atom stereocenters. The zero-order valence-corrected chi connectivity index (χ0v) is 6.58. The van der Waals surface area contributed by atoms with E-state index in [2.05, 4.69) is 5.32 Å². The first-order chi connectivity index (χ1) is 5.27. The number of allylic oxidation sites excluding steroid dienone is 3. The maximum atomic E-state index is 9.99. The van der Waals surface area contributed by atoms with E-state index in [-0.39, 0.29) is 6.54 Å². The molecule has 0 heterocycles. The zero-order valence-electron chi connectivity index (χ0n) is 6.58. The minimum Gasteiger partial charge on any atom is -0.480 e. The molecule has 0 spiro atoms. The van der Waals surface area contributed by atoms with Crippen LogP contribution in [0, 0.1) is 0 Å². The third-order valence-corrected chi connectivity index (χ3v) is 0.978. The summed E-state index contributed by atoms with van der Waals surface area (Å²) in [5.41, 5.74) is 0. The van der Waals surface area contributed by atoms with Gasteiger partial charge in [0.05, 0.1) is 6.54 Å². The van der Waals surface area contributed by atoms with Crippen LogP contribution >= 0.6 is 0 Å². The molecule has 3 nitrogen and oxygen atoms in total. The van der Waals surface area contributed by atoms with Gasteiger partial charge in [0.25, 0.3) is 0 Å². The average Bonchev–Trinajstić information content (AvgIpc) is 1.96. The summed E-state index contributed by atoms with van der Waals surface area (Å²) < 4.78 is 0. The number of aliphatic carboxylic acids is 1. The molecule has 3 heteroatoms. The van der Waals surface area contributed by atoms with Crippen molar-refractivity contribution in [1.82, 2.24) is 5.32 Å². The highest BCUT2D eigenvalue weighted by atomic mass is 16.4. The van der Waals surface area contributed by atoms with E-state index in [1.54, 1.807) is 0 Å². The molecule has 0 aromatic carbocycles. The molecule has 0 bridgehead atoms. The number of rotatable bonds is 5. The third-order valence-electron chi connectivity index (χ3n) is 0.978. The van der Waals surface area contributed by atoms with Crippen molar-refractivity contribution in [3.8, 4) is 0 Å². The standard InChI is InChI=1S/C8H13NO2/c1-2-3-4-5-6-9-7-8(10)11/h2-5,9H,6-7H2,1H3,(H,10,11)/b3-2+,5-4+. The molecule has 0 aliphatic rings. The van der Waals surface area contributed by atoms with Crippen molar-refractivity contribution in [2.24, 2.45) is 0 Å². The van der Waals surface area contributed by atoms with Crippen LogP contribution in [0.15, 0.2) is 24.3 Å². The highest BCUT2D eigenvalue weighted by Crippen LogP contribution is 1.74. The van der Waals surface area contributed by atoms with Crippen LogP contribution in [0.25, 0.3) is 0 Å². The van der Waals surface area contributed by atoms with Crippen molar-refractivity contribution < 1.29 is 9.90 Å². The molecule has 0 radical (unpaired) electrons. The van der Waals surface area contributed by atoms with E-state index in [0.29, 0.717) is 6.54 Å². The molecule has 0 saturated heterocycles. The molecule has 0 atom stereocenters. The zero-order chi connectivity index (χ0) is 8.53. The minimum absolute atomic E-state index is 0.0141. The van der Waals surface area contributed by atoms with Gasteiger partial charge < -0.3 is 10.4 Å². The van der Waals surface area contributed by atoms with Crippen molar-refractivity contribution in [3.05, 3.63) is 24.3 Å². The number of carboxylic acids is 1. The first-order valence-corrected chi connectivity index (χ1v) is 3.47. The Labute approximate surface area is 66.4 Å². The molecule has 62 valence electrons. The molecule has 0 aliphatic carbocycles. The third kappa shape index (κ3) is 8.91. The maximum Gasteiger partial charge on any atom is 0.317 e. The fraction of sp³-hybridized carbons (Fsp3) is 0.375. The first-order valence-electron chi connectivity index (χ1n) is 3.47. The van der Waals surface area contributed by atoms with Crippen molar-refractivity contribution in [3.63, 3.8) is 0 Å². The summed E-state index contributed by atoms with van der Waals surface area (Å²) in [5.74, 6) is -0.829. The summed E-state index contributed by atoms with van der Waals surface area (Å²) in [6, 6.07) is 0. The largest absolute Gasteiger partial charge is 0.480 e. The first kappa shape index (κ1) is 9.91. The van der Waals surface area contributed by atoms with Gasteiger partial charge in [0.1, 0.15) is 0 Å². The lowest BCUT2D eigenvalue weighted by atomic mass is 10.4. The fourth-order valence-electron chi connectivity index (χ4n) is 0.520. The number of hydrogen-bond donors (Lipinski definition) is 2. The lowest BCUT2D eigenvalue weighted by molar-refractivity contribution is -0.135. The molecule has 0 aromatic heterocycles. The average molecular weight is 155 g/mol. The summed E-state index contributed by atoms with van der Waals surface area (Å²) in [6.45, 7) is 2.53. The molecule has 0 aliphatic heterocycles. The van der Waals surface area contributed by atoms with E-state index in [1.165, 1.54) is 0 Å². The Morgan fingerprint density at radius 2 is 2.27 bits per heavy atom. The number of nitrogens with one attached hydrogen (secondary N) is 1. The number of carbonyl (C=O) groups is 1. The second kappa shape index (κ2) is 7.02.